The molecule has 1 aromatic carbocycles. The number of nitrogens with zero attached hydrogens (tertiary/aromatic N) is 1. The number of halogens is 1. The molecule has 1 aliphatic heterocycles. The Morgan fingerprint density at radius 1 is 1.37 bits per heavy atom. The minimum atomic E-state index is -0.891. The summed E-state index contributed by atoms with van der Waals surface area (Å²) >= 11 is 0. The van der Waals surface area contributed by atoms with Crippen LogP contribution in [0.5, 0.6) is 0 Å². The van der Waals surface area contributed by atoms with E-state index in [0.717, 1.165) is 25.8 Å². The second kappa shape index (κ2) is 3.83. The minimum Gasteiger partial charge on any atom is -0.357 e. The van der Waals surface area contributed by atoms with E-state index in [4.69, 9.17) is 0 Å². The van der Waals surface area contributed by atoms with Crippen LogP contribution >= 0.6 is 0 Å². The van der Waals surface area contributed by atoms with Crippen molar-refractivity contribution in [2.45, 2.75) is 44.4 Å². The van der Waals surface area contributed by atoms with Gasteiger partial charge in [0.2, 0.25) is 0 Å². The van der Waals surface area contributed by atoms with E-state index in [9.17, 15) is 4.39 Å². The monoisotopic (exact) mass is 258 g/mol. The molecule has 1 atom stereocenters. The average molecular weight is 258 g/mol. The maximum absolute atomic E-state index is 14.0. The lowest BCUT2D eigenvalue weighted by Crippen LogP contribution is -2.42. The molecule has 1 N–H and O–H groups in total. The van der Waals surface area contributed by atoms with Gasteiger partial charge in [0.05, 0.1) is 0 Å². The number of aromatic nitrogens is 1. The van der Waals surface area contributed by atoms with Crippen molar-refractivity contribution in [3.8, 4) is 0 Å². The number of aromatic amines is 1. The van der Waals surface area contributed by atoms with Gasteiger partial charge < -0.3 is 4.98 Å². The highest BCUT2D eigenvalue weighted by Crippen LogP contribution is 2.42. The molecule has 100 valence electrons. The number of fused-ring (bicyclic) bond motifs is 3. The zero-order valence-electron chi connectivity index (χ0n) is 11.2. The first-order chi connectivity index (χ1) is 9.15. The highest BCUT2D eigenvalue weighted by atomic mass is 19.1. The molecule has 0 bridgehead atoms. The summed E-state index contributed by atoms with van der Waals surface area (Å²) in [4.78, 5) is 5.80. The Hall–Kier alpha value is -1.35. The van der Waals surface area contributed by atoms with Crippen LogP contribution in [0.3, 0.4) is 0 Å². The molecule has 1 fully saturated rings. The minimum absolute atomic E-state index is 0.430. The summed E-state index contributed by atoms with van der Waals surface area (Å²) < 4.78 is 14.0. The van der Waals surface area contributed by atoms with Gasteiger partial charge in [0, 0.05) is 35.7 Å². The third-order valence-corrected chi connectivity index (χ3v) is 4.67. The van der Waals surface area contributed by atoms with E-state index in [1.165, 1.54) is 22.2 Å². The van der Waals surface area contributed by atoms with Crippen LogP contribution in [0, 0.1) is 0 Å². The lowest BCUT2D eigenvalue weighted by Gasteiger charge is -2.34. The summed E-state index contributed by atoms with van der Waals surface area (Å²) in [5.74, 6) is 0. The summed E-state index contributed by atoms with van der Waals surface area (Å²) in [6, 6.07) is 8.89. The molecule has 0 amide bonds. The summed E-state index contributed by atoms with van der Waals surface area (Å²) in [5.41, 5.74) is 3.03. The summed E-state index contributed by atoms with van der Waals surface area (Å²) in [6.45, 7) is 3.68. The van der Waals surface area contributed by atoms with Crippen LogP contribution in [0.15, 0.2) is 24.3 Å². The Kier molecular flexibility index (Phi) is 2.31. The molecule has 1 aromatic heterocycles. The lowest BCUT2D eigenvalue weighted by atomic mass is 9.97. The Morgan fingerprint density at radius 2 is 2.16 bits per heavy atom. The molecule has 3 heteroatoms. The van der Waals surface area contributed by atoms with Gasteiger partial charge in [0.25, 0.3) is 0 Å². The van der Waals surface area contributed by atoms with E-state index in [1.807, 2.05) is 0 Å². The smallest absolute Gasteiger partial charge is 0.123 e. The molecule has 2 heterocycles. The quantitative estimate of drug-likeness (QED) is 0.874. The first-order valence-electron chi connectivity index (χ1n) is 7.16. The fourth-order valence-corrected chi connectivity index (χ4v) is 3.28. The SMILES string of the molecule is C[C@@H]1Cc2c([nH]c3ccccc23)CN1CC1(F)CC1. The Balaban J connectivity index is 1.68. The molecule has 2 aliphatic rings. The number of hydrogen-bond acceptors (Lipinski definition) is 1. The number of rotatable bonds is 2. The van der Waals surface area contributed by atoms with Gasteiger partial charge in [-0.3, -0.25) is 4.90 Å². The Labute approximate surface area is 112 Å². The number of H-pyrrole nitrogens is 1. The standard InChI is InChI=1S/C16H19FN2/c1-11-8-13-12-4-2-3-5-14(12)18-15(13)9-19(11)10-16(17)6-7-16/h2-5,11,18H,6-10H2,1H3/t11-/m1/s1. The van der Waals surface area contributed by atoms with E-state index in [1.54, 1.807) is 0 Å². The van der Waals surface area contributed by atoms with Crippen LogP contribution in [-0.2, 0) is 13.0 Å². The largest absolute Gasteiger partial charge is 0.357 e. The van der Waals surface area contributed by atoms with Gasteiger partial charge in [-0.2, -0.15) is 0 Å². The molecule has 4 rings (SSSR count). The topological polar surface area (TPSA) is 19.0 Å². The summed E-state index contributed by atoms with van der Waals surface area (Å²) in [5, 5.41) is 1.34. The van der Waals surface area contributed by atoms with Crippen molar-refractivity contribution in [1.82, 2.24) is 9.88 Å². The molecule has 0 radical (unpaired) electrons. The number of benzene rings is 1. The summed E-state index contributed by atoms with van der Waals surface area (Å²) in [6.07, 6.45) is 2.51. The maximum Gasteiger partial charge on any atom is 0.123 e. The van der Waals surface area contributed by atoms with Crippen LogP contribution in [0.25, 0.3) is 10.9 Å². The zero-order chi connectivity index (χ0) is 13.0. The number of alkyl halides is 1. The fraction of sp³-hybridized carbons (Fsp3) is 0.500. The van der Waals surface area contributed by atoms with Gasteiger partial charge in [-0.1, -0.05) is 18.2 Å². The van der Waals surface area contributed by atoms with Crippen molar-refractivity contribution < 1.29 is 4.39 Å². The van der Waals surface area contributed by atoms with Crippen molar-refractivity contribution in [1.29, 1.82) is 0 Å². The first-order valence-corrected chi connectivity index (χ1v) is 7.16. The van der Waals surface area contributed by atoms with E-state index in [-0.39, 0.29) is 0 Å². The Morgan fingerprint density at radius 3 is 2.95 bits per heavy atom. The van der Waals surface area contributed by atoms with Crippen molar-refractivity contribution >= 4 is 10.9 Å². The zero-order valence-corrected chi connectivity index (χ0v) is 11.2. The first kappa shape index (κ1) is 11.5. The van der Waals surface area contributed by atoms with Gasteiger partial charge in [-0.15, -0.1) is 0 Å². The van der Waals surface area contributed by atoms with E-state index >= 15 is 0 Å². The van der Waals surface area contributed by atoms with Gasteiger partial charge in [0.1, 0.15) is 5.67 Å². The summed E-state index contributed by atoms with van der Waals surface area (Å²) in [7, 11) is 0. The molecular formula is C16H19FN2. The number of para-hydroxylation sites is 1. The van der Waals surface area contributed by atoms with E-state index in [0.29, 0.717) is 12.6 Å². The van der Waals surface area contributed by atoms with Gasteiger partial charge in [0.15, 0.2) is 0 Å². The Bertz CT molecular complexity index is 627. The lowest BCUT2D eigenvalue weighted by molar-refractivity contribution is 0.121. The van der Waals surface area contributed by atoms with Gasteiger partial charge in [-0.05, 0) is 37.8 Å². The van der Waals surface area contributed by atoms with Crippen molar-refractivity contribution in [3.63, 3.8) is 0 Å². The van der Waals surface area contributed by atoms with E-state index in [2.05, 4.69) is 41.1 Å². The normalized spacial score (nSPS) is 25.5. The van der Waals surface area contributed by atoms with E-state index < -0.39 is 5.67 Å². The fourth-order valence-electron chi connectivity index (χ4n) is 3.28. The van der Waals surface area contributed by atoms with Crippen LogP contribution in [0.2, 0.25) is 0 Å². The molecule has 0 unspecified atom stereocenters. The second-order valence-corrected chi connectivity index (χ2v) is 6.24. The second-order valence-electron chi connectivity index (χ2n) is 6.24. The molecule has 0 saturated heterocycles. The molecular weight excluding hydrogens is 239 g/mol. The average Bonchev–Trinajstić information content (AvgIpc) is 3.00. The van der Waals surface area contributed by atoms with Crippen LogP contribution in [-0.4, -0.2) is 28.1 Å². The highest BCUT2D eigenvalue weighted by molar-refractivity contribution is 5.84. The number of nitrogens with one attached hydrogen (secondary N) is 1. The molecule has 1 saturated carbocycles. The van der Waals surface area contributed by atoms with Crippen molar-refractivity contribution in [3.05, 3.63) is 35.5 Å². The predicted molar refractivity (Wildman–Crippen MR) is 74.9 cm³/mol. The van der Waals surface area contributed by atoms with Gasteiger partial charge >= 0.3 is 0 Å². The molecule has 2 aromatic rings. The highest BCUT2D eigenvalue weighted by Gasteiger charge is 2.45. The number of hydrogen-bond donors (Lipinski definition) is 1. The maximum atomic E-state index is 14.0. The van der Waals surface area contributed by atoms with Crippen molar-refractivity contribution in [2.75, 3.05) is 6.54 Å². The van der Waals surface area contributed by atoms with Crippen molar-refractivity contribution in [2.24, 2.45) is 0 Å². The van der Waals surface area contributed by atoms with Crippen LogP contribution < -0.4 is 0 Å². The molecule has 1 aliphatic carbocycles. The van der Waals surface area contributed by atoms with Gasteiger partial charge in [-0.25, -0.2) is 4.39 Å². The predicted octanol–water partition coefficient (Wildman–Crippen LogP) is 3.42. The third kappa shape index (κ3) is 1.88. The molecule has 2 nitrogen and oxygen atoms in total. The van der Waals surface area contributed by atoms with Crippen LogP contribution in [0.4, 0.5) is 4.39 Å². The van der Waals surface area contributed by atoms with Crippen LogP contribution in [0.1, 0.15) is 31.0 Å². The molecule has 0 spiro atoms. The molecule has 19 heavy (non-hydrogen) atoms. The third-order valence-electron chi connectivity index (χ3n) is 4.67.